The molecule has 0 aliphatic heterocycles. The van der Waals surface area contributed by atoms with E-state index in [2.05, 4.69) is 30.9 Å². The summed E-state index contributed by atoms with van der Waals surface area (Å²) in [6, 6.07) is 9.76. The molecule has 0 saturated heterocycles. The van der Waals surface area contributed by atoms with E-state index in [-0.39, 0.29) is 5.91 Å². The van der Waals surface area contributed by atoms with Crippen LogP contribution in [0.15, 0.2) is 36.4 Å². The highest BCUT2D eigenvalue weighted by atomic mass is 32.1. The Balaban J connectivity index is 1.90. The number of carbonyl (C=O) groups is 1. The van der Waals surface area contributed by atoms with E-state index in [1.54, 1.807) is 42.6 Å². The molecule has 0 N–H and O–H groups in total. The lowest BCUT2D eigenvalue weighted by atomic mass is 10.1. The van der Waals surface area contributed by atoms with Crippen LogP contribution < -0.4 is 14.4 Å². The van der Waals surface area contributed by atoms with Crippen LogP contribution in [0.4, 0.5) is 5.13 Å². The highest BCUT2D eigenvalue weighted by Gasteiger charge is 2.19. The van der Waals surface area contributed by atoms with E-state index in [0.717, 1.165) is 39.4 Å². The predicted molar refractivity (Wildman–Crippen MR) is 133 cm³/mol. The topological polar surface area (TPSA) is 54.9 Å². The van der Waals surface area contributed by atoms with Crippen LogP contribution in [0.5, 0.6) is 11.5 Å². The van der Waals surface area contributed by atoms with Crippen LogP contribution in [0, 0.1) is 13.8 Å². The third-order valence-electron chi connectivity index (χ3n) is 5.24. The van der Waals surface area contributed by atoms with Gasteiger partial charge in [-0.1, -0.05) is 29.5 Å². The predicted octanol–water partition coefficient (Wildman–Crippen LogP) is 4.93. The van der Waals surface area contributed by atoms with Crippen molar-refractivity contribution in [1.29, 1.82) is 0 Å². The molecule has 0 spiro atoms. The number of hydrogen-bond donors (Lipinski definition) is 0. The molecule has 0 fully saturated rings. The first-order chi connectivity index (χ1) is 15.3. The van der Waals surface area contributed by atoms with E-state index >= 15 is 0 Å². The Morgan fingerprint density at radius 3 is 2.41 bits per heavy atom. The number of fused-ring (bicyclic) bond motifs is 1. The van der Waals surface area contributed by atoms with Gasteiger partial charge in [0.05, 0.1) is 24.4 Å². The fourth-order valence-electron chi connectivity index (χ4n) is 3.42. The van der Waals surface area contributed by atoms with E-state index in [1.807, 2.05) is 32.3 Å². The zero-order valence-corrected chi connectivity index (χ0v) is 20.5. The number of aryl methyl sites for hydroxylation is 2. The van der Waals surface area contributed by atoms with Gasteiger partial charge >= 0.3 is 0 Å². The minimum Gasteiger partial charge on any atom is -0.493 e. The van der Waals surface area contributed by atoms with Crippen molar-refractivity contribution in [1.82, 2.24) is 9.88 Å². The summed E-state index contributed by atoms with van der Waals surface area (Å²) in [7, 11) is 7.27. The lowest BCUT2D eigenvalue weighted by Crippen LogP contribution is -2.32. The number of thiazole rings is 1. The summed E-state index contributed by atoms with van der Waals surface area (Å²) in [5.41, 5.74) is 4.13. The van der Waals surface area contributed by atoms with Gasteiger partial charge in [0.2, 0.25) is 0 Å². The molecule has 0 saturated carbocycles. The molecule has 32 heavy (non-hydrogen) atoms. The number of ether oxygens (including phenoxy) is 2. The summed E-state index contributed by atoms with van der Waals surface area (Å²) in [5.74, 6) is 1.19. The molecule has 0 bridgehead atoms. The van der Waals surface area contributed by atoms with Crippen molar-refractivity contribution in [3.05, 3.63) is 53.1 Å². The first-order valence-electron chi connectivity index (χ1n) is 10.6. The average molecular weight is 454 g/mol. The van der Waals surface area contributed by atoms with Gasteiger partial charge in [-0.05, 0) is 75.8 Å². The number of carbonyl (C=O) groups excluding carboxylic acids is 1. The second-order valence-electron chi connectivity index (χ2n) is 7.97. The van der Waals surface area contributed by atoms with E-state index < -0.39 is 0 Å². The Morgan fingerprint density at radius 1 is 1.03 bits per heavy atom. The highest BCUT2D eigenvalue weighted by molar-refractivity contribution is 7.22. The minimum atomic E-state index is -0.0899. The van der Waals surface area contributed by atoms with Crippen LogP contribution >= 0.6 is 11.3 Å². The van der Waals surface area contributed by atoms with Crippen molar-refractivity contribution < 1.29 is 14.3 Å². The Bertz CT molecular complexity index is 1080. The van der Waals surface area contributed by atoms with Gasteiger partial charge in [-0.25, -0.2) is 4.98 Å². The Kier molecular flexibility index (Phi) is 7.88. The maximum atomic E-state index is 13.3. The molecule has 1 aromatic heterocycles. The molecule has 0 atom stereocenters. The van der Waals surface area contributed by atoms with Crippen LogP contribution in [-0.4, -0.2) is 57.2 Å². The Hall–Kier alpha value is -2.90. The molecule has 7 heteroatoms. The van der Waals surface area contributed by atoms with Crippen molar-refractivity contribution in [2.75, 3.05) is 46.3 Å². The molecule has 3 rings (SSSR count). The zero-order chi connectivity index (χ0) is 23.3. The number of nitrogens with zero attached hydrogens (tertiary/aromatic N) is 3. The van der Waals surface area contributed by atoms with Gasteiger partial charge in [-0.15, -0.1) is 0 Å². The van der Waals surface area contributed by atoms with Crippen LogP contribution in [0.2, 0.25) is 0 Å². The summed E-state index contributed by atoms with van der Waals surface area (Å²) in [6.45, 7) is 5.64. The van der Waals surface area contributed by atoms with E-state index in [1.165, 1.54) is 5.56 Å². The molecular weight excluding hydrogens is 422 g/mol. The van der Waals surface area contributed by atoms with Crippen molar-refractivity contribution in [3.63, 3.8) is 0 Å². The first kappa shape index (κ1) is 23.8. The van der Waals surface area contributed by atoms with Crippen LogP contribution in [0.1, 0.15) is 23.1 Å². The maximum Gasteiger partial charge on any atom is 0.252 e. The quantitative estimate of drug-likeness (QED) is 0.430. The molecule has 3 aromatic rings. The molecule has 170 valence electrons. The molecule has 6 nitrogen and oxygen atoms in total. The summed E-state index contributed by atoms with van der Waals surface area (Å²) >= 11 is 1.58. The molecular formula is C25H31N3O3S. The third-order valence-corrected chi connectivity index (χ3v) is 6.45. The highest BCUT2D eigenvalue weighted by Crippen LogP contribution is 2.33. The largest absolute Gasteiger partial charge is 0.493 e. The summed E-state index contributed by atoms with van der Waals surface area (Å²) in [5, 5.41) is 0.734. The van der Waals surface area contributed by atoms with Gasteiger partial charge < -0.3 is 14.4 Å². The number of benzene rings is 2. The maximum absolute atomic E-state index is 13.3. The molecule has 0 aliphatic rings. The van der Waals surface area contributed by atoms with Crippen LogP contribution in [0.25, 0.3) is 16.3 Å². The third kappa shape index (κ3) is 5.47. The monoisotopic (exact) mass is 453 g/mol. The number of amides is 1. The fraction of sp³-hybridized carbons (Fsp3) is 0.360. The fourth-order valence-corrected chi connectivity index (χ4v) is 4.57. The van der Waals surface area contributed by atoms with E-state index in [9.17, 15) is 4.79 Å². The normalized spacial score (nSPS) is 11.5. The molecule has 1 heterocycles. The lowest BCUT2D eigenvalue weighted by molar-refractivity contribution is -0.114. The van der Waals surface area contributed by atoms with Crippen LogP contribution in [-0.2, 0) is 4.79 Å². The lowest BCUT2D eigenvalue weighted by Gasteiger charge is -2.19. The number of rotatable bonds is 9. The van der Waals surface area contributed by atoms with E-state index in [0.29, 0.717) is 18.0 Å². The smallest absolute Gasteiger partial charge is 0.252 e. The zero-order valence-electron chi connectivity index (χ0n) is 19.6. The van der Waals surface area contributed by atoms with Gasteiger partial charge in [0.1, 0.15) is 0 Å². The number of anilines is 1. The standard InChI is InChI=1S/C25H31N3O3S/c1-17-8-9-18(2)24-23(17)26-25(32-24)28(15-7-14-27(3)4)22(29)13-11-19-10-12-20(30-5)21(16-19)31-6/h8-13,16H,7,14-15H2,1-6H3/b13-11+. The Labute approximate surface area is 194 Å². The number of aromatic nitrogens is 1. The van der Waals surface area contributed by atoms with Gasteiger partial charge in [-0.3, -0.25) is 9.69 Å². The molecule has 2 aromatic carbocycles. The molecule has 0 aliphatic carbocycles. The summed E-state index contributed by atoms with van der Waals surface area (Å²) in [4.78, 5) is 22.0. The minimum absolute atomic E-state index is 0.0899. The van der Waals surface area contributed by atoms with Crippen molar-refractivity contribution in [2.24, 2.45) is 0 Å². The molecule has 1 amide bonds. The number of methoxy groups -OCH3 is 2. The Morgan fingerprint density at radius 2 is 1.75 bits per heavy atom. The first-order valence-corrected chi connectivity index (χ1v) is 11.4. The second kappa shape index (κ2) is 10.6. The summed E-state index contributed by atoms with van der Waals surface area (Å²) in [6.07, 6.45) is 4.26. The van der Waals surface area contributed by atoms with Crippen molar-refractivity contribution >= 4 is 38.7 Å². The molecule has 0 radical (unpaired) electrons. The van der Waals surface area contributed by atoms with Crippen molar-refractivity contribution in [2.45, 2.75) is 20.3 Å². The molecule has 0 unspecified atom stereocenters. The van der Waals surface area contributed by atoms with Gasteiger partial charge in [0, 0.05) is 12.6 Å². The van der Waals surface area contributed by atoms with Gasteiger partial charge in [0.25, 0.3) is 5.91 Å². The van der Waals surface area contributed by atoms with E-state index in [4.69, 9.17) is 14.5 Å². The van der Waals surface area contributed by atoms with Crippen molar-refractivity contribution in [3.8, 4) is 11.5 Å². The summed E-state index contributed by atoms with van der Waals surface area (Å²) < 4.78 is 11.8. The SMILES string of the molecule is COc1ccc(/C=C/C(=O)N(CCCN(C)C)c2nc3c(C)ccc(C)c3s2)cc1OC. The average Bonchev–Trinajstić information content (AvgIpc) is 3.23. The second-order valence-corrected chi connectivity index (χ2v) is 8.95. The number of hydrogen-bond acceptors (Lipinski definition) is 6. The van der Waals surface area contributed by atoms with Gasteiger partial charge in [-0.2, -0.15) is 0 Å². The van der Waals surface area contributed by atoms with Crippen LogP contribution in [0.3, 0.4) is 0 Å². The van der Waals surface area contributed by atoms with Gasteiger partial charge in [0.15, 0.2) is 16.6 Å².